The maximum absolute atomic E-state index is 13.2. The smallest absolute Gasteiger partial charge is 0.280 e. The highest BCUT2D eigenvalue weighted by Crippen LogP contribution is 2.36. The Balaban J connectivity index is 1.88. The second-order valence-electron chi connectivity index (χ2n) is 7.92. The monoisotopic (exact) mass is 349 g/mol. The Bertz CT molecular complexity index is 1010. The van der Waals surface area contributed by atoms with Crippen LogP contribution in [-0.4, -0.2) is 21.3 Å². The highest BCUT2D eigenvalue weighted by atomic mass is 16.3. The molecule has 1 aliphatic rings. The van der Waals surface area contributed by atoms with Crippen molar-refractivity contribution in [1.29, 1.82) is 0 Å². The number of hydrogen-bond donors (Lipinski definition) is 1. The van der Waals surface area contributed by atoms with E-state index in [4.69, 9.17) is 0 Å². The van der Waals surface area contributed by atoms with Crippen molar-refractivity contribution in [3.63, 3.8) is 0 Å². The number of rotatable bonds is 3. The van der Waals surface area contributed by atoms with E-state index in [1.807, 2.05) is 62.2 Å². The van der Waals surface area contributed by atoms with Gasteiger partial charge in [0.1, 0.15) is 6.10 Å². The van der Waals surface area contributed by atoms with Gasteiger partial charge in [0.25, 0.3) is 5.56 Å². The van der Waals surface area contributed by atoms with Gasteiger partial charge in [-0.15, -0.1) is 0 Å². The SMILES string of the molecule is CC(C)(C)[C@@H](O)c1nc2ccccc2c(=O)n1N1C[C@@H]1c1ccccc1. The van der Waals surface area contributed by atoms with Crippen molar-refractivity contribution in [2.75, 3.05) is 11.6 Å². The van der Waals surface area contributed by atoms with Crippen molar-refractivity contribution in [3.05, 3.63) is 76.3 Å². The summed E-state index contributed by atoms with van der Waals surface area (Å²) >= 11 is 0. The standard InChI is InChI=1S/C21H23N3O2/c1-21(2,3)18(25)19-22-16-12-8-7-11-15(16)20(26)24(19)23-13-17(23)14-9-5-4-6-10-14/h4-12,17-18,25H,13H2,1-3H3/t17-,18+,23?/m1/s1. The van der Waals surface area contributed by atoms with E-state index in [1.165, 1.54) is 0 Å². The van der Waals surface area contributed by atoms with E-state index < -0.39 is 11.5 Å². The van der Waals surface area contributed by atoms with Crippen LogP contribution in [-0.2, 0) is 0 Å². The highest BCUT2D eigenvalue weighted by molar-refractivity contribution is 5.77. The molecule has 2 heterocycles. The van der Waals surface area contributed by atoms with Gasteiger partial charge in [0, 0.05) is 0 Å². The summed E-state index contributed by atoms with van der Waals surface area (Å²) in [5.41, 5.74) is 1.21. The molecule has 5 heteroatoms. The first-order valence-electron chi connectivity index (χ1n) is 8.89. The zero-order chi connectivity index (χ0) is 18.5. The van der Waals surface area contributed by atoms with E-state index >= 15 is 0 Å². The summed E-state index contributed by atoms with van der Waals surface area (Å²) in [7, 11) is 0. The molecule has 3 aromatic rings. The molecule has 5 nitrogen and oxygen atoms in total. The van der Waals surface area contributed by atoms with Crippen molar-refractivity contribution in [2.24, 2.45) is 5.41 Å². The molecule has 0 radical (unpaired) electrons. The number of aliphatic hydroxyl groups excluding tert-OH is 1. The van der Waals surface area contributed by atoms with Crippen LogP contribution in [0.25, 0.3) is 10.9 Å². The molecule has 1 saturated heterocycles. The Morgan fingerprint density at radius 1 is 1.08 bits per heavy atom. The lowest BCUT2D eigenvalue weighted by Gasteiger charge is -2.28. The molecule has 2 atom stereocenters. The molecule has 4 rings (SSSR count). The fourth-order valence-corrected chi connectivity index (χ4v) is 3.26. The first-order valence-corrected chi connectivity index (χ1v) is 8.89. The third-order valence-corrected chi connectivity index (χ3v) is 4.87. The van der Waals surface area contributed by atoms with Gasteiger partial charge in [0.05, 0.1) is 23.5 Å². The topological polar surface area (TPSA) is 58.1 Å². The first-order chi connectivity index (χ1) is 12.4. The number of para-hydroxylation sites is 1. The van der Waals surface area contributed by atoms with Gasteiger partial charge in [-0.05, 0) is 23.1 Å². The van der Waals surface area contributed by atoms with Crippen LogP contribution in [0, 0.1) is 5.41 Å². The summed E-state index contributed by atoms with van der Waals surface area (Å²) in [5.74, 6) is 0.402. The minimum Gasteiger partial charge on any atom is -0.385 e. The lowest BCUT2D eigenvalue weighted by molar-refractivity contribution is 0.0512. The van der Waals surface area contributed by atoms with Crippen LogP contribution in [0.1, 0.15) is 44.3 Å². The Hall–Kier alpha value is -2.66. The average Bonchev–Trinajstić information content (AvgIpc) is 3.41. The predicted octanol–water partition coefficient (Wildman–Crippen LogP) is 3.17. The molecule has 2 aromatic carbocycles. The van der Waals surface area contributed by atoms with Crippen LogP contribution in [0.2, 0.25) is 0 Å². The van der Waals surface area contributed by atoms with Gasteiger partial charge >= 0.3 is 0 Å². The summed E-state index contributed by atoms with van der Waals surface area (Å²) in [5, 5.41) is 13.4. The van der Waals surface area contributed by atoms with E-state index in [1.54, 1.807) is 10.7 Å². The molecular formula is C21H23N3O2. The maximum atomic E-state index is 13.2. The molecule has 0 bridgehead atoms. The maximum Gasteiger partial charge on any atom is 0.280 e. The normalized spacial score (nSPS) is 18.2. The fourth-order valence-electron chi connectivity index (χ4n) is 3.26. The van der Waals surface area contributed by atoms with Gasteiger partial charge in [-0.25, -0.2) is 9.66 Å². The fraction of sp³-hybridized carbons (Fsp3) is 0.333. The Morgan fingerprint density at radius 2 is 1.73 bits per heavy atom. The molecule has 1 fully saturated rings. The molecule has 0 amide bonds. The van der Waals surface area contributed by atoms with Gasteiger partial charge < -0.3 is 5.11 Å². The molecule has 0 aliphatic carbocycles. The number of hydrogen-bond acceptors (Lipinski definition) is 4. The quantitative estimate of drug-likeness (QED) is 0.738. The molecular weight excluding hydrogens is 326 g/mol. The molecule has 0 saturated carbocycles. The van der Waals surface area contributed by atoms with Crippen molar-refractivity contribution in [2.45, 2.75) is 32.9 Å². The molecule has 134 valence electrons. The van der Waals surface area contributed by atoms with Crippen molar-refractivity contribution >= 4 is 10.9 Å². The van der Waals surface area contributed by atoms with E-state index in [-0.39, 0.29) is 11.6 Å². The number of nitrogens with zero attached hydrogens (tertiary/aromatic N) is 3. The van der Waals surface area contributed by atoms with Gasteiger partial charge in [-0.1, -0.05) is 63.2 Å². The van der Waals surface area contributed by atoms with E-state index in [9.17, 15) is 9.90 Å². The summed E-state index contributed by atoms with van der Waals surface area (Å²) in [6.07, 6.45) is -0.850. The molecule has 0 spiro atoms. The van der Waals surface area contributed by atoms with Crippen LogP contribution >= 0.6 is 0 Å². The summed E-state index contributed by atoms with van der Waals surface area (Å²) < 4.78 is 1.58. The van der Waals surface area contributed by atoms with Gasteiger partial charge in [0.15, 0.2) is 5.82 Å². The molecule has 1 N–H and O–H groups in total. The van der Waals surface area contributed by atoms with Crippen molar-refractivity contribution in [1.82, 2.24) is 9.66 Å². The minimum atomic E-state index is -0.850. The third-order valence-electron chi connectivity index (χ3n) is 4.87. The van der Waals surface area contributed by atoms with Crippen LogP contribution in [0.5, 0.6) is 0 Å². The van der Waals surface area contributed by atoms with E-state index in [0.717, 1.165) is 12.1 Å². The first kappa shape index (κ1) is 16.8. The van der Waals surface area contributed by atoms with Crippen LogP contribution in [0.15, 0.2) is 59.4 Å². The van der Waals surface area contributed by atoms with Crippen LogP contribution in [0.4, 0.5) is 0 Å². The van der Waals surface area contributed by atoms with Crippen LogP contribution in [0.3, 0.4) is 0 Å². The predicted molar refractivity (Wildman–Crippen MR) is 103 cm³/mol. The van der Waals surface area contributed by atoms with Crippen molar-refractivity contribution in [3.8, 4) is 0 Å². The van der Waals surface area contributed by atoms with E-state index in [0.29, 0.717) is 16.7 Å². The van der Waals surface area contributed by atoms with Gasteiger partial charge in [-0.2, -0.15) is 0 Å². The highest BCUT2D eigenvalue weighted by Gasteiger charge is 2.40. The van der Waals surface area contributed by atoms with Gasteiger partial charge in [0.2, 0.25) is 0 Å². The van der Waals surface area contributed by atoms with Crippen LogP contribution < -0.4 is 10.6 Å². The van der Waals surface area contributed by atoms with Gasteiger partial charge in [-0.3, -0.25) is 9.80 Å². The van der Waals surface area contributed by atoms with E-state index in [2.05, 4.69) is 17.1 Å². The largest absolute Gasteiger partial charge is 0.385 e. The number of aromatic nitrogens is 2. The lowest BCUT2D eigenvalue weighted by Crippen LogP contribution is -2.36. The third kappa shape index (κ3) is 2.78. The lowest BCUT2D eigenvalue weighted by atomic mass is 9.88. The summed E-state index contributed by atoms with van der Waals surface area (Å²) in [6, 6.07) is 17.5. The summed E-state index contributed by atoms with van der Waals surface area (Å²) in [6.45, 7) is 6.56. The zero-order valence-electron chi connectivity index (χ0n) is 15.3. The Morgan fingerprint density at radius 3 is 2.42 bits per heavy atom. The average molecular weight is 349 g/mol. The minimum absolute atomic E-state index is 0.128. The number of fused-ring (bicyclic) bond motifs is 1. The van der Waals surface area contributed by atoms with Crippen molar-refractivity contribution < 1.29 is 5.11 Å². The zero-order valence-corrected chi connectivity index (χ0v) is 15.3. The Labute approximate surface area is 152 Å². The number of benzene rings is 2. The number of aliphatic hydroxyl groups is 1. The molecule has 0 unspecified atom stereocenters. The molecule has 26 heavy (non-hydrogen) atoms. The Kier molecular flexibility index (Phi) is 3.84. The second kappa shape index (κ2) is 5.95. The molecule has 1 aliphatic heterocycles. The summed E-state index contributed by atoms with van der Waals surface area (Å²) in [4.78, 5) is 17.9. The molecule has 1 aromatic heterocycles. The second-order valence-corrected chi connectivity index (χ2v) is 7.92.